The Balaban J connectivity index is 2.27. The van der Waals surface area contributed by atoms with Crippen molar-refractivity contribution in [3.63, 3.8) is 0 Å². The molecule has 1 amide bonds. The highest BCUT2D eigenvalue weighted by Gasteiger charge is 2.27. The molecule has 0 bridgehead atoms. The molecule has 1 saturated carbocycles. The Morgan fingerprint density at radius 2 is 1.71 bits per heavy atom. The summed E-state index contributed by atoms with van der Waals surface area (Å²) in [5.41, 5.74) is 0.403. The van der Waals surface area contributed by atoms with Gasteiger partial charge >= 0.3 is 0 Å². The molecule has 1 fully saturated rings. The fraction of sp³-hybridized carbons (Fsp3) is 0.588. The lowest BCUT2D eigenvalue weighted by atomic mass is 9.86. The van der Waals surface area contributed by atoms with E-state index in [1.807, 2.05) is 7.05 Å². The van der Waals surface area contributed by atoms with E-state index in [0.717, 1.165) is 30.0 Å². The number of carbonyl (C=O) groups is 1. The molecule has 0 N–H and O–H groups in total. The number of hydrogen-bond donors (Lipinski definition) is 0. The van der Waals surface area contributed by atoms with E-state index in [0.29, 0.717) is 16.0 Å². The van der Waals surface area contributed by atoms with Gasteiger partial charge in [0.2, 0.25) is 10.0 Å². The van der Waals surface area contributed by atoms with Crippen molar-refractivity contribution < 1.29 is 13.2 Å². The zero-order valence-electron chi connectivity index (χ0n) is 14.6. The molecule has 1 aliphatic rings. The molecule has 0 atom stereocenters. The Morgan fingerprint density at radius 1 is 1.12 bits per heavy atom. The normalized spacial score (nSPS) is 21.8. The molecule has 7 heteroatoms. The molecule has 1 aliphatic carbocycles. The third kappa shape index (κ3) is 4.00. The van der Waals surface area contributed by atoms with Crippen molar-refractivity contribution in [2.45, 2.75) is 43.5 Å². The molecule has 24 heavy (non-hydrogen) atoms. The van der Waals surface area contributed by atoms with Crippen LogP contribution in [-0.2, 0) is 10.0 Å². The summed E-state index contributed by atoms with van der Waals surface area (Å²) < 4.78 is 26.4. The van der Waals surface area contributed by atoms with Crippen molar-refractivity contribution in [2.75, 3.05) is 21.1 Å². The second-order valence-electron chi connectivity index (χ2n) is 6.76. The van der Waals surface area contributed by atoms with Gasteiger partial charge in [0.25, 0.3) is 5.91 Å². The highest BCUT2D eigenvalue weighted by Crippen LogP contribution is 2.29. The van der Waals surface area contributed by atoms with Crippen LogP contribution in [0.15, 0.2) is 27.6 Å². The van der Waals surface area contributed by atoms with E-state index in [1.54, 1.807) is 17.0 Å². The minimum absolute atomic E-state index is 0.115. The van der Waals surface area contributed by atoms with Crippen LogP contribution in [0.25, 0.3) is 0 Å². The highest BCUT2D eigenvalue weighted by atomic mass is 79.9. The van der Waals surface area contributed by atoms with Gasteiger partial charge in [-0.15, -0.1) is 0 Å². The Hall–Kier alpha value is -0.920. The summed E-state index contributed by atoms with van der Waals surface area (Å²) in [5, 5.41) is 0. The van der Waals surface area contributed by atoms with Gasteiger partial charge < -0.3 is 4.90 Å². The van der Waals surface area contributed by atoms with Gasteiger partial charge in [0, 0.05) is 37.2 Å². The lowest BCUT2D eigenvalue weighted by molar-refractivity contribution is 0.0679. The topological polar surface area (TPSA) is 57.7 Å². The van der Waals surface area contributed by atoms with Gasteiger partial charge in [-0.05, 0) is 65.7 Å². The van der Waals surface area contributed by atoms with E-state index < -0.39 is 10.0 Å². The molecule has 0 radical (unpaired) electrons. The van der Waals surface area contributed by atoms with Gasteiger partial charge in [-0.2, -0.15) is 0 Å². The minimum Gasteiger partial charge on any atom is -0.339 e. The largest absolute Gasteiger partial charge is 0.339 e. The third-order valence-electron chi connectivity index (χ3n) is 4.79. The van der Waals surface area contributed by atoms with E-state index in [-0.39, 0.29) is 16.8 Å². The first-order valence-electron chi connectivity index (χ1n) is 8.13. The molecule has 5 nitrogen and oxygen atoms in total. The van der Waals surface area contributed by atoms with Crippen molar-refractivity contribution >= 4 is 31.9 Å². The van der Waals surface area contributed by atoms with Gasteiger partial charge in [0.15, 0.2) is 0 Å². The number of nitrogens with zero attached hydrogens (tertiary/aromatic N) is 2. The summed E-state index contributed by atoms with van der Waals surface area (Å²) in [5.74, 6) is 0.589. The predicted molar refractivity (Wildman–Crippen MR) is 98.5 cm³/mol. The van der Waals surface area contributed by atoms with E-state index in [1.165, 1.54) is 20.2 Å². The van der Waals surface area contributed by atoms with Crippen LogP contribution in [-0.4, -0.2) is 50.7 Å². The number of rotatable bonds is 4. The van der Waals surface area contributed by atoms with Crippen molar-refractivity contribution in [3.8, 4) is 0 Å². The number of carbonyl (C=O) groups excluding carboxylic acids is 1. The molecule has 1 aromatic carbocycles. The lowest BCUT2D eigenvalue weighted by Crippen LogP contribution is -2.39. The molecule has 0 heterocycles. The highest BCUT2D eigenvalue weighted by molar-refractivity contribution is 9.10. The summed E-state index contributed by atoms with van der Waals surface area (Å²) in [6, 6.07) is 4.99. The van der Waals surface area contributed by atoms with Gasteiger partial charge in [-0.1, -0.05) is 6.92 Å². The minimum atomic E-state index is -3.61. The van der Waals surface area contributed by atoms with Crippen LogP contribution < -0.4 is 0 Å². The second-order valence-corrected chi connectivity index (χ2v) is 9.74. The monoisotopic (exact) mass is 416 g/mol. The fourth-order valence-electron chi connectivity index (χ4n) is 3.03. The fourth-order valence-corrected chi connectivity index (χ4v) is 4.87. The Bertz CT molecular complexity index is 711. The molecule has 1 aromatic rings. The molecule has 2 rings (SSSR count). The molecule has 0 aliphatic heterocycles. The first-order valence-corrected chi connectivity index (χ1v) is 10.4. The van der Waals surface area contributed by atoms with Crippen LogP contribution in [0.4, 0.5) is 0 Å². The van der Waals surface area contributed by atoms with Crippen LogP contribution in [0, 0.1) is 5.92 Å². The van der Waals surface area contributed by atoms with E-state index >= 15 is 0 Å². The van der Waals surface area contributed by atoms with Gasteiger partial charge in [-0.3, -0.25) is 4.79 Å². The third-order valence-corrected chi connectivity index (χ3v) is 7.60. The summed E-state index contributed by atoms with van der Waals surface area (Å²) in [6.07, 6.45) is 4.26. The van der Waals surface area contributed by atoms with Crippen LogP contribution in [0.5, 0.6) is 0 Å². The standard InChI is InChI=1S/C17H25BrN2O3S/c1-12-5-8-14(9-6-12)20(4)17(21)13-7-10-15(18)16(11-13)24(22,23)19(2)3/h7,10-12,14H,5-6,8-9H2,1-4H3. The molecule has 0 unspecified atom stereocenters. The van der Waals surface area contributed by atoms with Crippen LogP contribution in [0.2, 0.25) is 0 Å². The second kappa shape index (κ2) is 7.54. The van der Waals surface area contributed by atoms with Crippen molar-refractivity contribution in [1.29, 1.82) is 0 Å². The number of hydrogen-bond acceptors (Lipinski definition) is 3. The number of halogens is 1. The van der Waals surface area contributed by atoms with E-state index in [9.17, 15) is 13.2 Å². The molecule has 0 aromatic heterocycles. The van der Waals surface area contributed by atoms with Crippen molar-refractivity contribution in [2.24, 2.45) is 5.92 Å². The molecule has 0 spiro atoms. The summed E-state index contributed by atoms with van der Waals surface area (Å²) in [7, 11) is 1.16. The lowest BCUT2D eigenvalue weighted by Gasteiger charge is -2.33. The zero-order chi connectivity index (χ0) is 18.1. The maximum absolute atomic E-state index is 12.8. The van der Waals surface area contributed by atoms with Gasteiger partial charge in [0.05, 0.1) is 4.90 Å². The smallest absolute Gasteiger partial charge is 0.253 e. The Labute approximate surface area is 153 Å². The molecule has 0 saturated heterocycles. The average Bonchev–Trinajstić information content (AvgIpc) is 2.54. The summed E-state index contributed by atoms with van der Waals surface area (Å²) in [6.45, 7) is 2.24. The first-order chi connectivity index (χ1) is 11.1. The van der Waals surface area contributed by atoms with Gasteiger partial charge in [-0.25, -0.2) is 12.7 Å². The van der Waals surface area contributed by atoms with Gasteiger partial charge in [0.1, 0.15) is 0 Å². The number of amides is 1. The average molecular weight is 417 g/mol. The maximum Gasteiger partial charge on any atom is 0.253 e. The number of benzene rings is 1. The van der Waals surface area contributed by atoms with Crippen LogP contribution >= 0.6 is 15.9 Å². The maximum atomic E-state index is 12.8. The van der Waals surface area contributed by atoms with Crippen LogP contribution in [0.3, 0.4) is 0 Å². The Kier molecular flexibility index (Phi) is 6.09. The first kappa shape index (κ1) is 19.4. The SMILES string of the molecule is CC1CCC(N(C)C(=O)c2ccc(Br)c(S(=O)(=O)N(C)C)c2)CC1. The van der Waals surface area contributed by atoms with E-state index in [4.69, 9.17) is 0 Å². The van der Waals surface area contributed by atoms with Crippen LogP contribution in [0.1, 0.15) is 43.0 Å². The number of sulfonamides is 1. The summed E-state index contributed by atoms with van der Waals surface area (Å²) in [4.78, 5) is 14.7. The zero-order valence-corrected chi connectivity index (χ0v) is 17.0. The van der Waals surface area contributed by atoms with Crippen molar-refractivity contribution in [1.82, 2.24) is 9.21 Å². The van der Waals surface area contributed by atoms with Crippen molar-refractivity contribution in [3.05, 3.63) is 28.2 Å². The quantitative estimate of drug-likeness (QED) is 0.755. The molecular formula is C17H25BrN2O3S. The molecular weight excluding hydrogens is 392 g/mol. The van der Waals surface area contributed by atoms with E-state index in [2.05, 4.69) is 22.9 Å². The predicted octanol–water partition coefficient (Wildman–Crippen LogP) is 3.35. The Morgan fingerprint density at radius 3 is 2.25 bits per heavy atom. The summed E-state index contributed by atoms with van der Waals surface area (Å²) >= 11 is 3.27. The molecule has 134 valence electrons.